The van der Waals surface area contributed by atoms with Gasteiger partial charge in [0.25, 0.3) is 0 Å². The van der Waals surface area contributed by atoms with Crippen LogP contribution in [0.2, 0.25) is 0 Å². The Hall–Kier alpha value is -0.770. The number of benzene rings is 1. The summed E-state index contributed by atoms with van der Waals surface area (Å²) in [7, 11) is -1.59. The Kier molecular flexibility index (Phi) is 3.61. The minimum absolute atomic E-state index is 0.0581. The lowest BCUT2D eigenvalue weighted by molar-refractivity contribution is 0.0422. The third kappa shape index (κ3) is 3.35. The molecule has 6 heteroatoms. The van der Waals surface area contributed by atoms with E-state index in [2.05, 4.69) is 0 Å². The van der Waals surface area contributed by atoms with Crippen LogP contribution >= 0.6 is 8.60 Å². The van der Waals surface area contributed by atoms with Gasteiger partial charge in [-0.3, -0.25) is 0 Å². The van der Waals surface area contributed by atoms with Gasteiger partial charge in [-0.05, 0) is 12.1 Å². The molecule has 1 saturated heterocycles. The molecule has 1 aliphatic heterocycles. The summed E-state index contributed by atoms with van der Waals surface area (Å²) >= 11 is 0. The standard InChI is InChI=1S/C11H13F2O3P/c1-11(2)6-14-17(15-7-11)16-10-4-3-8(12)5-9(10)13/h3-5H,6-7H2,1-2H3. The highest BCUT2D eigenvalue weighted by molar-refractivity contribution is 7.42. The molecular formula is C11H13F2O3P. The molecule has 3 nitrogen and oxygen atoms in total. The van der Waals surface area contributed by atoms with Gasteiger partial charge in [0.15, 0.2) is 11.6 Å². The number of halogens is 2. The maximum absolute atomic E-state index is 13.3. The van der Waals surface area contributed by atoms with E-state index in [1.165, 1.54) is 6.07 Å². The summed E-state index contributed by atoms with van der Waals surface area (Å²) in [5, 5.41) is 0. The molecule has 0 aromatic heterocycles. The molecule has 1 aromatic rings. The van der Waals surface area contributed by atoms with Gasteiger partial charge in [-0.15, -0.1) is 0 Å². The second kappa shape index (κ2) is 4.84. The van der Waals surface area contributed by atoms with E-state index in [4.69, 9.17) is 13.6 Å². The van der Waals surface area contributed by atoms with Crippen LogP contribution in [0.4, 0.5) is 8.78 Å². The van der Waals surface area contributed by atoms with Gasteiger partial charge in [0.05, 0.1) is 13.2 Å². The molecule has 17 heavy (non-hydrogen) atoms. The van der Waals surface area contributed by atoms with Crippen molar-refractivity contribution in [2.24, 2.45) is 5.41 Å². The normalized spacial score (nSPS) is 20.2. The van der Waals surface area contributed by atoms with Crippen molar-refractivity contribution in [1.82, 2.24) is 0 Å². The monoisotopic (exact) mass is 262 g/mol. The van der Waals surface area contributed by atoms with Crippen molar-refractivity contribution in [3.63, 3.8) is 0 Å². The fourth-order valence-corrected chi connectivity index (χ4v) is 2.61. The largest absolute Gasteiger partial charge is 0.424 e. The van der Waals surface area contributed by atoms with Crippen LogP contribution in [-0.4, -0.2) is 13.2 Å². The Bertz CT molecular complexity index is 402. The molecule has 2 rings (SSSR count). The lowest BCUT2D eigenvalue weighted by Crippen LogP contribution is -2.29. The first kappa shape index (κ1) is 12.7. The third-order valence-electron chi connectivity index (χ3n) is 2.19. The summed E-state index contributed by atoms with van der Waals surface area (Å²) in [6, 6.07) is 3.11. The topological polar surface area (TPSA) is 27.7 Å². The van der Waals surface area contributed by atoms with Gasteiger partial charge in [-0.2, -0.15) is 0 Å². The van der Waals surface area contributed by atoms with Crippen molar-refractivity contribution in [1.29, 1.82) is 0 Å². The number of hydrogen-bond acceptors (Lipinski definition) is 3. The van der Waals surface area contributed by atoms with E-state index in [9.17, 15) is 8.78 Å². The van der Waals surface area contributed by atoms with Crippen LogP contribution < -0.4 is 4.52 Å². The first-order chi connectivity index (χ1) is 7.96. The summed E-state index contributed by atoms with van der Waals surface area (Å²) in [5.41, 5.74) is -0.0659. The SMILES string of the molecule is CC1(C)COP(Oc2ccc(F)cc2F)OC1. The molecule has 0 aliphatic carbocycles. The molecule has 0 bridgehead atoms. The summed E-state index contributed by atoms with van der Waals surface area (Å²) < 4.78 is 41.9. The minimum atomic E-state index is -1.59. The lowest BCUT2D eigenvalue weighted by Gasteiger charge is -2.32. The molecule has 1 aliphatic rings. The molecule has 94 valence electrons. The molecule has 1 heterocycles. The number of rotatable bonds is 2. The quantitative estimate of drug-likeness (QED) is 0.761. The summed E-state index contributed by atoms with van der Waals surface area (Å²) in [4.78, 5) is 0. The molecule has 0 atom stereocenters. The molecule has 0 radical (unpaired) electrons. The first-order valence-corrected chi connectivity index (χ1v) is 6.25. The van der Waals surface area contributed by atoms with Crippen LogP contribution in [0.3, 0.4) is 0 Å². The molecule has 1 aromatic carbocycles. The van der Waals surface area contributed by atoms with Crippen molar-refractivity contribution in [2.75, 3.05) is 13.2 Å². The van der Waals surface area contributed by atoms with E-state index in [1.54, 1.807) is 0 Å². The average molecular weight is 262 g/mol. The van der Waals surface area contributed by atoms with E-state index in [-0.39, 0.29) is 11.2 Å². The molecule has 0 N–H and O–H groups in total. The molecule has 0 spiro atoms. The Morgan fingerprint density at radius 3 is 2.47 bits per heavy atom. The number of hydrogen-bond donors (Lipinski definition) is 0. The third-order valence-corrected chi connectivity index (χ3v) is 3.21. The van der Waals surface area contributed by atoms with Crippen molar-refractivity contribution in [3.05, 3.63) is 29.8 Å². The van der Waals surface area contributed by atoms with Gasteiger partial charge in [0, 0.05) is 11.5 Å². The van der Waals surface area contributed by atoms with Gasteiger partial charge >= 0.3 is 8.60 Å². The highest BCUT2D eigenvalue weighted by Crippen LogP contribution is 2.47. The van der Waals surface area contributed by atoms with Crippen molar-refractivity contribution in [3.8, 4) is 5.75 Å². The molecular weight excluding hydrogens is 249 g/mol. The van der Waals surface area contributed by atoms with E-state index < -0.39 is 20.2 Å². The van der Waals surface area contributed by atoms with E-state index >= 15 is 0 Å². The average Bonchev–Trinajstić information content (AvgIpc) is 2.25. The fourth-order valence-electron chi connectivity index (χ4n) is 1.22. The van der Waals surface area contributed by atoms with E-state index in [0.717, 1.165) is 12.1 Å². The van der Waals surface area contributed by atoms with Gasteiger partial charge in [-0.1, -0.05) is 13.8 Å². The van der Waals surface area contributed by atoms with Gasteiger partial charge < -0.3 is 13.6 Å². The smallest absolute Gasteiger partial charge is 0.397 e. The zero-order valence-electron chi connectivity index (χ0n) is 9.57. The van der Waals surface area contributed by atoms with Crippen molar-refractivity contribution < 1.29 is 22.4 Å². The fraction of sp³-hybridized carbons (Fsp3) is 0.455. The summed E-state index contributed by atoms with van der Waals surface area (Å²) in [5.74, 6) is -1.46. The molecule has 0 saturated carbocycles. The highest BCUT2D eigenvalue weighted by Gasteiger charge is 2.31. The van der Waals surface area contributed by atoms with Crippen LogP contribution in [0, 0.1) is 17.0 Å². The summed E-state index contributed by atoms with van der Waals surface area (Å²) in [6.07, 6.45) is 0. The van der Waals surface area contributed by atoms with Crippen LogP contribution in [0.1, 0.15) is 13.8 Å². The maximum atomic E-state index is 13.3. The minimum Gasteiger partial charge on any atom is -0.424 e. The molecule has 0 amide bonds. The first-order valence-electron chi connectivity index (χ1n) is 5.15. The van der Waals surface area contributed by atoms with E-state index in [0.29, 0.717) is 13.2 Å². The van der Waals surface area contributed by atoms with Crippen LogP contribution in [-0.2, 0) is 9.05 Å². The van der Waals surface area contributed by atoms with Crippen LogP contribution in [0.25, 0.3) is 0 Å². The zero-order valence-corrected chi connectivity index (χ0v) is 10.5. The van der Waals surface area contributed by atoms with Crippen molar-refractivity contribution >= 4 is 8.60 Å². The Morgan fingerprint density at radius 2 is 1.88 bits per heavy atom. The zero-order chi connectivity index (χ0) is 12.5. The van der Waals surface area contributed by atoms with Crippen molar-refractivity contribution in [2.45, 2.75) is 13.8 Å². The molecule has 0 unspecified atom stereocenters. The highest BCUT2D eigenvalue weighted by atomic mass is 31.2. The predicted octanol–water partition coefficient (Wildman–Crippen LogP) is 3.64. The Balaban J connectivity index is 1.98. The lowest BCUT2D eigenvalue weighted by atomic mass is 9.97. The Labute approximate surface area is 99.7 Å². The van der Waals surface area contributed by atoms with E-state index in [1.807, 2.05) is 13.8 Å². The molecule has 1 fully saturated rings. The van der Waals surface area contributed by atoms with Crippen LogP contribution in [0.5, 0.6) is 5.75 Å². The predicted molar refractivity (Wildman–Crippen MR) is 59.6 cm³/mol. The Morgan fingerprint density at radius 1 is 1.24 bits per heavy atom. The summed E-state index contributed by atoms with van der Waals surface area (Å²) in [6.45, 7) is 4.97. The van der Waals surface area contributed by atoms with Gasteiger partial charge in [0.2, 0.25) is 0 Å². The maximum Gasteiger partial charge on any atom is 0.397 e. The van der Waals surface area contributed by atoms with Gasteiger partial charge in [-0.25, -0.2) is 8.78 Å². The van der Waals surface area contributed by atoms with Crippen LogP contribution in [0.15, 0.2) is 18.2 Å². The second-order valence-corrected chi connectivity index (χ2v) is 5.75. The van der Waals surface area contributed by atoms with Gasteiger partial charge in [0.1, 0.15) is 5.82 Å². The second-order valence-electron chi connectivity index (χ2n) is 4.60.